The van der Waals surface area contributed by atoms with Gasteiger partial charge < -0.3 is 9.40 Å². The van der Waals surface area contributed by atoms with E-state index in [9.17, 15) is 4.79 Å². The second-order valence-corrected chi connectivity index (χ2v) is 5.10. The van der Waals surface area contributed by atoms with Crippen molar-refractivity contribution in [2.45, 2.75) is 0 Å². The Balaban J connectivity index is 2.00. The third kappa shape index (κ3) is 1.92. The lowest BCUT2D eigenvalue weighted by Gasteiger charge is -2.01. The molecule has 102 valence electrons. The van der Waals surface area contributed by atoms with Crippen molar-refractivity contribution in [3.8, 4) is 11.6 Å². The zero-order valence-corrected chi connectivity index (χ0v) is 11.5. The summed E-state index contributed by atoms with van der Waals surface area (Å²) in [6.45, 7) is 0. The molecule has 0 spiro atoms. The van der Waals surface area contributed by atoms with Crippen LogP contribution in [0.1, 0.15) is 0 Å². The Hall–Kier alpha value is -2.59. The third-order valence-corrected chi connectivity index (χ3v) is 3.66. The van der Waals surface area contributed by atoms with E-state index in [4.69, 9.17) is 16.0 Å². The van der Waals surface area contributed by atoms with Crippen LogP contribution in [-0.2, 0) is 0 Å². The summed E-state index contributed by atoms with van der Waals surface area (Å²) in [5.74, 6) is 0.918. The SMILES string of the molecule is O=c1[nH]c(-c2cc3ccccc3o2)nc2cccc(Cl)c12. The Morgan fingerprint density at radius 3 is 2.81 bits per heavy atom. The fourth-order valence-electron chi connectivity index (χ4n) is 2.36. The summed E-state index contributed by atoms with van der Waals surface area (Å²) < 4.78 is 5.72. The van der Waals surface area contributed by atoms with E-state index in [2.05, 4.69) is 9.97 Å². The van der Waals surface area contributed by atoms with Crippen molar-refractivity contribution >= 4 is 33.5 Å². The molecule has 2 heterocycles. The highest BCUT2D eigenvalue weighted by Crippen LogP contribution is 2.26. The highest BCUT2D eigenvalue weighted by atomic mass is 35.5. The summed E-state index contributed by atoms with van der Waals surface area (Å²) >= 11 is 6.04. The topological polar surface area (TPSA) is 58.9 Å². The number of H-pyrrole nitrogens is 1. The number of nitrogens with zero attached hydrogens (tertiary/aromatic N) is 1. The van der Waals surface area contributed by atoms with E-state index in [-0.39, 0.29) is 5.56 Å². The van der Waals surface area contributed by atoms with Crippen molar-refractivity contribution in [3.05, 3.63) is 63.9 Å². The van der Waals surface area contributed by atoms with Gasteiger partial charge in [0.25, 0.3) is 5.56 Å². The van der Waals surface area contributed by atoms with Crippen molar-refractivity contribution in [2.75, 3.05) is 0 Å². The first kappa shape index (κ1) is 12.2. The molecule has 2 aromatic heterocycles. The standard InChI is InChI=1S/C16H9ClN2O2/c17-10-5-3-6-11-14(10)16(20)19-15(18-11)13-8-9-4-1-2-7-12(9)21-13/h1-8H,(H,18,19,20). The average molecular weight is 297 g/mol. The van der Waals surface area contributed by atoms with Crippen LogP contribution in [0.3, 0.4) is 0 Å². The molecular formula is C16H9ClN2O2. The number of aromatic nitrogens is 2. The number of benzene rings is 2. The first-order valence-electron chi connectivity index (χ1n) is 6.40. The quantitative estimate of drug-likeness (QED) is 0.578. The number of hydrogen-bond donors (Lipinski definition) is 1. The molecule has 4 rings (SSSR count). The zero-order valence-electron chi connectivity index (χ0n) is 10.8. The molecule has 4 aromatic rings. The van der Waals surface area contributed by atoms with E-state index in [1.54, 1.807) is 18.2 Å². The van der Waals surface area contributed by atoms with E-state index < -0.39 is 0 Å². The second-order valence-electron chi connectivity index (χ2n) is 4.70. The summed E-state index contributed by atoms with van der Waals surface area (Å²) in [5, 5.41) is 1.73. The number of hydrogen-bond acceptors (Lipinski definition) is 3. The molecule has 5 heteroatoms. The minimum atomic E-state index is -0.277. The van der Waals surface area contributed by atoms with Crippen molar-refractivity contribution in [2.24, 2.45) is 0 Å². The highest BCUT2D eigenvalue weighted by Gasteiger charge is 2.12. The van der Waals surface area contributed by atoms with E-state index >= 15 is 0 Å². The number of halogens is 1. The minimum Gasteiger partial charge on any atom is -0.453 e. The van der Waals surface area contributed by atoms with Crippen LogP contribution in [0.25, 0.3) is 33.5 Å². The van der Waals surface area contributed by atoms with Gasteiger partial charge in [-0.1, -0.05) is 35.9 Å². The maximum Gasteiger partial charge on any atom is 0.260 e. The molecule has 21 heavy (non-hydrogen) atoms. The number of furan rings is 1. The highest BCUT2D eigenvalue weighted by molar-refractivity contribution is 6.35. The molecule has 0 fully saturated rings. The smallest absolute Gasteiger partial charge is 0.260 e. The van der Waals surface area contributed by atoms with Crippen LogP contribution in [-0.4, -0.2) is 9.97 Å². The van der Waals surface area contributed by atoms with Crippen LogP contribution < -0.4 is 5.56 Å². The Bertz CT molecular complexity index is 1000. The molecule has 0 aliphatic carbocycles. The van der Waals surface area contributed by atoms with Crippen LogP contribution in [0.15, 0.2) is 57.7 Å². The van der Waals surface area contributed by atoms with Gasteiger partial charge in [0.05, 0.1) is 15.9 Å². The summed E-state index contributed by atoms with van der Waals surface area (Å²) in [7, 11) is 0. The van der Waals surface area contributed by atoms with Crippen LogP contribution in [0.5, 0.6) is 0 Å². The van der Waals surface area contributed by atoms with Gasteiger partial charge in [-0.3, -0.25) is 4.79 Å². The van der Waals surface area contributed by atoms with E-state index in [1.165, 1.54) is 0 Å². The van der Waals surface area contributed by atoms with Crippen molar-refractivity contribution < 1.29 is 4.42 Å². The average Bonchev–Trinajstić information content (AvgIpc) is 2.91. The van der Waals surface area contributed by atoms with Gasteiger partial charge in [0.15, 0.2) is 11.6 Å². The van der Waals surface area contributed by atoms with Crippen molar-refractivity contribution in [3.63, 3.8) is 0 Å². The molecule has 1 N–H and O–H groups in total. The third-order valence-electron chi connectivity index (χ3n) is 3.34. The van der Waals surface area contributed by atoms with Crippen LogP contribution in [0.4, 0.5) is 0 Å². The van der Waals surface area contributed by atoms with Gasteiger partial charge in [-0.25, -0.2) is 4.98 Å². The molecule has 0 saturated heterocycles. The first-order valence-corrected chi connectivity index (χ1v) is 6.78. The number of rotatable bonds is 1. The monoisotopic (exact) mass is 296 g/mol. The fourth-order valence-corrected chi connectivity index (χ4v) is 2.62. The molecule has 0 unspecified atom stereocenters. The predicted octanol–water partition coefficient (Wildman–Crippen LogP) is 3.99. The largest absolute Gasteiger partial charge is 0.453 e. The molecule has 0 aliphatic rings. The fraction of sp³-hybridized carbons (Fsp3) is 0. The summed E-state index contributed by atoms with van der Waals surface area (Å²) in [6.07, 6.45) is 0. The molecule has 0 atom stereocenters. The van der Waals surface area contributed by atoms with Crippen LogP contribution in [0.2, 0.25) is 5.02 Å². The van der Waals surface area contributed by atoms with Gasteiger partial charge in [-0.05, 0) is 24.3 Å². The Morgan fingerprint density at radius 1 is 1.10 bits per heavy atom. The number of fused-ring (bicyclic) bond motifs is 2. The van der Waals surface area contributed by atoms with Gasteiger partial charge in [-0.15, -0.1) is 0 Å². The molecule has 0 bridgehead atoms. The van der Waals surface area contributed by atoms with Crippen molar-refractivity contribution in [1.29, 1.82) is 0 Å². The number of para-hydroxylation sites is 1. The molecule has 2 aromatic carbocycles. The Labute approximate surface area is 124 Å². The van der Waals surface area contributed by atoms with Gasteiger partial charge in [0.1, 0.15) is 5.58 Å². The molecule has 0 radical (unpaired) electrons. The normalized spacial score (nSPS) is 11.3. The summed E-state index contributed by atoms with van der Waals surface area (Å²) in [6, 6.07) is 14.7. The lowest BCUT2D eigenvalue weighted by Crippen LogP contribution is -2.09. The molecule has 4 nitrogen and oxygen atoms in total. The molecule has 0 aliphatic heterocycles. The Morgan fingerprint density at radius 2 is 1.95 bits per heavy atom. The first-order chi connectivity index (χ1) is 10.2. The zero-order chi connectivity index (χ0) is 14.4. The van der Waals surface area contributed by atoms with Crippen LogP contribution in [0, 0.1) is 0 Å². The lowest BCUT2D eigenvalue weighted by atomic mass is 10.2. The van der Waals surface area contributed by atoms with Gasteiger partial charge in [0, 0.05) is 5.39 Å². The predicted molar refractivity (Wildman–Crippen MR) is 82.6 cm³/mol. The van der Waals surface area contributed by atoms with E-state index in [0.29, 0.717) is 27.5 Å². The second kappa shape index (κ2) is 4.46. The maximum absolute atomic E-state index is 12.2. The summed E-state index contributed by atoms with van der Waals surface area (Å²) in [5.41, 5.74) is 1.02. The molecule has 0 amide bonds. The van der Waals surface area contributed by atoms with Gasteiger partial charge >= 0.3 is 0 Å². The number of nitrogens with one attached hydrogen (secondary N) is 1. The maximum atomic E-state index is 12.2. The van der Waals surface area contributed by atoms with Crippen molar-refractivity contribution in [1.82, 2.24) is 9.97 Å². The van der Waals surface area contributed by atoms with E-state index in [1.807, 2.05) is 30.3 Å². The molecular weight excluding hydrogens is 288 g/mol. The van der Waals surface area contributed by atoms with Crippen LogP contribution >= 0.6 is 11.6 Å². The van der Waals surface area contributed by atoms with Gasteiger partial charge in [-0.2, -0.15) is 0 Å². The van der Waals surface area contributed by atoms with Gasteiger partial charge in [0.2, 0.25) is 0 Å². The Kier molecular flexibility index (Phi) is 2.59. The minimum absolute atomic E-state index is 0.277. The number of aromatic amines is 1. The van der Waals surface area contributed by atoms with E-state index in [0.717, 1.165) is 11.0 Å². The lowest BCUT2D eigenvalue weighted by molar-refractivity contribution is 0.625. The summed E-state index contributed by atoms with van der Waals surface area (Å²) in [4.78, 5) is 19.3. The molecule has 0 saturated carbocycles.